The Balaban J connectivity index is 2.37. The first kappa shape index (κ1) is 12.6. The van der Waals surface area contributed by atoms with E-state index in [4.69, 9.17) is 10.7 Å². The summed E-state index contributed by atoms with van der Waals surface area (Å²) in [6.07, 6.45) is 2.14. The lowest BCUT2D eigenvalue weighted by Crippen LogP contribution is -2.06. The van der Waals surface area contributed by atoms with Crippen molar-refractivity contribution >= 4 is 27.0 Å². The largest absolute Gasteiger partial charge is 0.331 e. The van der Waals surface area contributed by atoms with Gasteiger partial charge in [-0.1, -0.05) is 22.9 Å². The van der Waals surface area contributed by atoms with E-state index in [9.17, 15) is 0 Å². The summed E-state index contributed by atoms with van der Waals surface area (Å²) in [6.45, 7) is 2.96. The SMILES string of the molecule is CC(CCCN)c1nc2cc(Br)ccc2n1C. The molecule has 1 aromatic carbocycles. The van der Waals surface area contributed by atoms with Gasteiger partial charge in [-0.15, -0.1) is 0 Å². The van der Waals surface area contributed by atoms with Crippen LogP contribution in [0.1, 0.15) is 31.5 Å². The standard InChI is InChI=1S/C13H18BrN3/c1-9(4-3-7-15)13-16-11-8-10(14)5-6-12(11)17(13)2/h5-6,8-9H,3-4,7,15H2,1-2H3. The van der Waals surface area contributed by atoms with E-state index in [-0.39, 0.29) is 0 Å². The van der Waals surface area contributed by atoms with E-state index >= 15 is 0 Å². The van der Waals surface area contributed by atoms with Gasteiger partial charge in [-0.25, -0.2) is 4.98 Å². The average molecular weight is 296 g/mol. The molecule has 3 nitrogen and oxygen atoms in total. The third-order valence-electron chi connectivity index (χ3n) is 3.16. The van der Waals surface area contributed by atoms with Crippen LogP contribution in [-0.2, 0) is 7.05 Å². The number of aromatic nitrogens is 2. The van der Waals surface area contributed by atoms with Gasteiger partial charge in [0.15, 0.2) is 0 Å². The van der Waals surface area contributed by atoms with Crippen LogP contribution in [0.5, 0.6) is 0 Å². The predicted octanol–water partition coefficient (Wildman–Crippen LogP) is 3.18. The van der Waals surface area contributed by atoms with Gasteiger partial charge in [-0.3, -0.25) is 0 Å². The minimum atomic E-state index is 0.453. The summed E-state index contributed by atoms with van der Waals surface area (Å²) >= 11 is 3.48. The third kappa shape index (κ3) is 2.53. The number of imidazole rings is 1. The maximum Gasteiger partial charge on any atom is 0.112 e. The van der Waals surface area contributed by atoms with Gasteiger partial charge in [0.05, 0.1) is 11.0 Å². The van der Waals surface area contributed by atoms with Crippen LogP contribution in [0.3, 0.4) is 0 Å². The van der Waals surface area contributed by atoms with Crippen LogP contribution < -0.4 is 5.73 Å². The first-order chi connectivity index (χ1) is 8.13. The van der Waals surface area contributed by atoms with Crippen LogP contribution >= 0.6 is 15.9 Å². The number of fused-ring (bicyclic) bond motifs is 1. The number of hydrogen-bond acceptors (Lipinski definition) is 2. The number of halogens is 1. The Kier molecular flexibility index (Phi) is 3.84. The van der Waals surface area contributed by atoms with Crippen molar-refractivity contribution in [2.45, 2.75) is 25.7 Å². The molecule has 4 heteroatoms. The van der Waals surface area contributed by atoms with Gasteiger partial charge in [0, 0.05) is 17.4 Å². The summed E-state index contributed by atoms with van der Waals surface area (Å²) in [4.78, 5) is 4.72. The van der Waals surface area contributed by atoms with Crippen LogP contribution in [0, 0.1) is 0 Å². The fourth-order valence-electron chi connectivity index (χ4n) is 2.19. The summed E-state index contributed by atoms with van der Waals surface area (Å²) in [7, 11) is 2.08. The molecular weight excluding hydrogens is 278 g/mol. The van der Waals surface area contributed by atoms with E-state index in [0.29, 0.717) is 5.92 Å². The van der Waals surface area contributed by atoms with Crippen LogP contribution in [0.25, 0.3) is 11.0 Å². The third-order valence-corrected chi connectivity index (χ3v) is 3.65. The molecule has 0 aliphatic rings. The lowest BCUT2D eigenvalue weighted by molar-refractivity contribution is 0.592. The molecule has 0 spiro atoms. The molecule has 1 aromatic heterocycles. The van der Waals surface area contributed by atoms with Crippen LogP contribution in [0.15, 0.2) is 22.7 Å². The second kappa shape index (κ2) is 5.19. The van der Waals surface area contributed by atoms with Crippen molar-refractivity contribution in [2.75, 3.05) is 6.54 Å². The van der Waals surface area contributed by atoms with Crippen LogP contribution in [0.2, 0.25) is 0 Å². The molecule has 0 saturated heterocycles. The van der Waals surface area contributed by atoms with Crippen molar-refractivity contribution in [3.63, 3.8) is 0 Å². The first-order valence-electron chi connectivity index (χ1n) is 5.95. The van der Waals surface area contributed by atoms with Crippen LogP contribution in [0.4, 0.5) is 0 Å². The maximum absolute atomic E-state index is 5.55. The van der Waals surface area contributed by atoms with E-state index in [0.717, 1.165) is 35.2 Å². The van der Waals surface area contributed by atoms with E-state index < -0.39 is 0 Å². The van der Waals surface area contributed by atoms with Crippen molar-refractivity contribution < 1.29 is 0 Å². The molecule has 2 aromatic rings. The predicted molar refractivity (Wildman–Crippen MR) is 75.1 cm³/mol. The summed E-state index contributed by atoms with van der Waals surface area (Å²) in [5, 5.41) is 0. The summed E-state index contributed by atoms with van der Waals surface area (Å²) in [5.74, 6) is 1.60. The Morgan fingerprint density at radius 1 is 1.47 bits per heavy atom. The topological polar surface area (TPSA) is 43.8 Å². The number of aryl methyl sites for hydroxylation is 1. The highest BCUT2D eigenvalue weighted by molar-refractivity contribution is 9.10. The second-order valence-electron chi connectivity index (χ2n) is 4.49. The molecule has 0 aliphatic carbocycles. The molecule has 2 rings (SSSR count). The second-order valence-corrected chi connectivity index (χ2v) is 5.41. The van der Waals surface area contributed by atoms with Crippen molar-refractivity contribution in [1.29, 1.82) is 0 Å². The monoisotopic (exact) mass is 295 g/mol. The van der Waals surface area contributed by atoms with E-state index in [1.165, 1.54) is 5.52 Å². The molecule has 0 saturated carbocycles. The first-order valence-corrected chi connectivity index (χ1v) is 6.74. The van der Waals surface area contributed by atoms with Crippen molar-refractivity contribution in [2.24, 2.45) is 12.8 Å². The zero-order chi connectivity index (χ0) is 12.4. The molecule has 2 N–H and O–H groups in total. The highest BCUT2D eigenvalue weighted by Crippen LogP contribution is 2.25. The average Bonchev–Trinajstić information content (AvgIpc) is 2.63. The zero-order valence-corrected chi connectivity index (χ0v) is 11.9. The van der Waals surface area contributed by atoms with Gasteiger partial charge in [-0.2, -0.15) is 0 Å². The van der Waals surface area contributed by atoms with Gasteiger partial charge in [0.2, 0.25) is 0 Å². The van der Waals surface area contributed by atoms with Crippen molar-refractivity contribution in [3.8, 4) is 0 Å². The number of hydrogen-bond donors (Lipinski definition) is 1. The molecule has 0 amide bonds. The van der Waals surface area contributed by atoms with Crippen molar-refractivity contribution in [3.05, 3.63) is 28.5 Å². The van der Waals surface area contributed by atoms with Crippen molar-refractivity contribution in [1.82, 2.24) is 9.55 Å². The van der Waals surface area contributed by atoms with Gasteiger partial charge in [0.25, 0.3) is 0 Å². The number of benzene rings is 1. The normalized spacial score (nSPS) is 13.2. The molecule has 0 fully saturated rings. The lowest BCUT2D eigenvalue weighted by Gasteiger charge is -2.10. The lowest BCUT2D eigenvalue weighted by atomic mass is 10.1. The fraction of sp³-hybridized carbons (Fsp3) is 0.462. The van der Waals surface area contributed by atoms with E-state index in [1.54, 1.807) is 0 Å². The zero-order valence-electron chi connectivity index (χ0n) is 10.3. The molecule has 17 heavy (non-hydrogen) atoms. The van der Waals surface area contributed by atoms with Crippen LogP contribution in [-0.4, -0.2) is 16.1 Å². The molecule has 0 radical (unpaired) electrons. The number of nitrogens with zero attached hydrogens (tertiary/aromatic N) is 2. The molecule has 0 bridgehead atoms. The smallest absolute Gasteiger partial charge is 0.112 e. The maximum atomic E-state index is 5.55. The highest BCUT2D eigenvalue weighted by atomic mass is 79.9. The Morgan fingerprint density at radius 2 is 2.24 bits per heavy atom. The van der Waals surface area contributed by atoms with Gasteiger partial charge < -0.3 is 10.3 Å². The molecule has 1 heterocycles. The number of nitrogens with two attached hydrogens (primary N) is 1. The molecule has 92 valence electrons. The van der Waals surface area contributed by atoms with E-state index in [1.807, 2.05) is 0 Å². The Morgan fingerprint density at radius 3 is 2.94 bits per heavy atom. The highest BCUT2D eigenvalue weighted by Gasteiger charge is 2.14. The number of rotatable bonds is 4. The Hall–Kier alpha value is -0.870. The molecule has 1 unspecified atom stereocenters. The fourth-order valence-corrected chi connectivity index (χ4v) is 2.53. The quantitative estimate of drug-likeness (QED) is 0.941. The molecule has 0 aliphatic heterocycles. The Labute approximate surface area is 110 Å². The molecule has 1 atom stereocenters. The summed E-state index contributed by atoms with van der Waals surface area (Å²) < 4.78 is 3.26. The van der Waals surface area contributed by atoms with Gasteiger partial charge in [0.1, 0.15) is 5.82 Å². The summed E-state index contributed by atoms with van der Waals surface area (Å²) in [5.41, 5.74) is 7.79. The Bertz CT molecular complexity index is 519. The van der Waals surface area contributed by atoms with E-state index in [2.05, 4.69) is 52.7 Å². The van der Waals surface area contributed by atoms with Gasteiger partial charge in [-0.05, 0) is 37.6 Å². The molecular formula is C13H18BrN3. The van der Waals surface area contributed by atoms with Gasteiger partial charge >= 0.3 is 0 Å². The minimum Gasteiger partial charge on any atom is -0.331 e. The summed E-state index contributed by atoms with van der Waals surface area (Å²) in [6, 6.07) is 6.22. The minimum absolute atomic E-state index is 0.453.